The Labute approximate surface area is 137 Å². The largest absolute Gasteiger partial charge is 0.486 e. The molecule has 120 valence electrons. The molecule has 7 heteroatoms. The molecule has 0 saturated carbocycles. The van der Waals surface area contributed by atoms with Crippen molar-refractivity contribution >= 4 is 27.7 Å². The molecule has 0 bridgehead atoms. The molecule has 6 nitrogen and oxygen atoms in total. The van der Waals surface area contributed by atoms with Crippen molar-refractivity contribution in [2.75, 3.05) is 19.8 Å². The van der Waals surface area contributed by atoms with E-state index in [1.807, 2.05) is 19.1 Å². The van der Waals surface area contributed by atoms with Gasteiger partial charge in [0.1, 0.15) is 13.2 Å². The Bertz CT molecular complexity index is 577. The van der Waals surface area contributed by atoms with E-state index in [4.69, 9.17) is 9.47 Å². The number of carbonyl (C=O) groups excluding carboxylic acids is 2. The van der Waals surface area contributed by atoms with Crippen molar-refractivity contribution in [3.8, 4) is 11.5 Å². The average molecular weight is 371 g/mol. The lowest BCUT2D eigenvalue weighted by Crippen LogP contribution is -2.37. The Morgan fingerprint density at radius 3 is 2.50 bits per heavy atom. The molecule has 2 N–H and O–H groups in total. The maximum absolute atomic E-state index is 11.9. The molecular weight excluding hydrogens is 352 g/mol. The molecule has 1 aliphatic heterocycles. The van der Waals surface area contributed by atoms with Crippen molar-refractivity contribution in [1.29, 1.82) is 0 Å². The van der Waals surface area contributed by atoms with Gasteiger partial charge < -0.3 is 20.1 Å². The van der Waals surface area contributed by atoms with Crippen LogP contribution in [0.15, 0.2) is 16.6 Å². The van der Waals surface area contributed by atoms with Crippen molar-refractivity contribution in [2.24, 2.45) is 0 Å². The Morgan fingerprint density at radius 1 is 1.23 bits per heavy atom. The summed E-state index contributed by atoms with van der Waals surface area (Å²) < 4.78 is 11.9. The molecule has 1 aliphatic rings. The Balaban J connectivity index is 2.01. The van der Waals surface area contributed by atoms with Crippen molar-refractivity contribution in [3.63, 3.8) is 0 Å². The predicted octanol–water partition coefficient (Wildman–Crippen LogP) is 1.92. The second-order valence-electron chi connectivity index (χ2n) is 4.94. The average Bonchev–Trinajstić information content (AvgIpc) is 2.51. The van der Waals surface area contributed by atoms with Gasteiger partial charge in [0.25, 0.3) is 0 Å². The van der Waals surface area contributed by atoms with E-state index in [2.05, 4.69) is 26.6 Å². The first-order valence-electron chi connectivity index (χ1n) is 7.16. The van der Waals surface area contributed by atoms with Gasteiger partial charge in [-0.15, -0.1) is 0 Å². The third kappa shape index (κ3) is 4.13. The third-order valence-electron chi connectivity index (χ3n) is 3.27. The molecule has 1 heterocycles. The van der Waals surface area contributed by atoms with Gasteiger partial charge in [-0.25, -0.2) is 0 Å². The van der Waals surface area contributed by atoms with E-state index in [0.29, 0.717) is 31.1 Å². The van der Waals surface area contributed by atoms with Crippen LogP contribution < -0.4 is 20.1 Å². The lowest BCUT2D eigenvalue weighted by molar-refractivity contribution is -0.126. The van der Waals surface area contributed by atoms with Crippen LogP contribution in [-0.4, -0.2) is 31.6 Å². The van der Waals surface area contributed by atoms with E-state index in [1.54, 1.807) is 6.92 Å². The summed E-state index contributed by atoms with van der Waals surface area (Å²) in [6, 6.07) is 3.47. The summed E-state index contributed by atoms with van der Waals surface area (Å²) in [6.07, 6.45) is 0.358. The van der Waals surface area contributed by atoms with Gasteiger partial charge in [-0.05, 0) is 24.6 Å². The molecule has 1 aromatic carbocycles. The molecule has 2 rings (SSSR count). The maximum atomic E-state index is 11.9. The van der Waals surface area contributed by atoms with Gasteiger partial charge in [-0.2, -0.15) is 0 Å². The quantitative estimate of drug-likeness (QED) is 0.829. The molecule has 0 aromatic heterocycles. The molecule has 1 unspecified atom stereocenters. The van der Waals surface area contributed by atoms with Crippen LogP contribution in [0.1, 0.15) is 31.9 Å². The van der Waals surface area contributed by atoms with Crippen LogP contribution in [0.5, 0.6) is 11.5 Å². The van der Waals surface area contributed by atoms with Crippen molar-refractivity contribution in [3.05, 3.63) is 22.2 Å². The van der Waals surface area contributed by atoms with Gasteiger partial charge in [-0.1, -0.05) is 22.9 Å². The molecule has 0 aliphatic carbocycles. The topological polar surface area (TPSA) is 76.7 Å². The summed E-state index contributed by atoms with van der Waals surface area (Å²) in [6.45, 7) is 4.62. The van der Waals surface area contributed by atoms with Gasteiger partial charge in [0.2, 0.25) is 11.8 Å². The summed E-state index contributed by atoms with van der Waals surface area (Å²) in [5, 5.41) is 5.39. The van der Waals surface area contributed by atoms with Gasteiger partial charge in [0.15, 0.2) is 11.5 Å². The van der Waals surface area contributed by atoms with Crippen LogP contribution in [0.25, 0.3) is 0 Å². The van der Waals surface area contributed by atoms with Gasteiger partial charge in [0.05, 0.1) is 12.6 Å². The zero-order valence-electron chi connectivity index (χ0n) is 12.6. The van der Waals surface area contributed by atoms with E-state index < -0.39 is 0 Å². The first kappa shape index (κ1) is 16.6. The van der Waals surface area contributed by atoms with E-state index in [1.165, 1.54) is 0 Å². The molecule has 0 saturated heterocycles. The highest BCUT2D eigenvalue weighted by molar-refractivity contribution is 9.10. The van der Waals surface area contributed by atoms with E-state index >= 15 is 0 Å². The number of benzene rings is 1. The first-order chi connectivity index (χ1) is 10.5. The monoisotopic (exact) mass is 370 g/mol. The SMILES string of the molecule is CCC(=O)NCC(=O)NC(C)c1cc2c(cc1Br)OCCO2. The second kappa shape index (κ2) is 7.49. The fourth-order valence-corrected chi connectivity index (χ4v) is 2.75. The Morgan fingerprint density at radius 2 is 1.86 bits per heavy atom. The van der Waals surface area contributed by atoms with Crippen LogP contribution >= 0.6 is 15.9 Å². The van der Waals surface area contributed by atoms with Gasteiger partial charge >= 0.3 is 0 Å². The maximum Gasteiger partial charge on any atom is 0.239 e. The number of hydrogen-bond acceptors (Lipinski definition) is 4. The zero-order chi connectivity index (χ0) is 16.1. The van der Waals surface area contributed by atoms with Gasteiger partial charge in [-0.3, -0.25) is 9.59 Å². The number of amides is 2. The summed E-state index contributed by atoms with van der Waals surface area (Å²) in [5.74, 6) is 0.972. The number of carbonyl (C=O) groups is 2. The molecule has 0 spiro atoms. The number of halogens is 1. The predicted molar refractivity (Wildman–Crippen MR) is 85.0 cm³/mol. The molecule has 1 atom stereocenters. The van der Waals surface area contributed by atoms with Crippen LogP contribution in [0.3, 0.4) is 0 Å². The third-order valence-corrected chi connectivity index (χ3v) is 3.96. The first-order valence-corrected chi connectivity index (χ1v) is 7.95. The van der Waals surface area contributed by atoms with Crippen LogP contribution in [0.4, 0.5) is 0 Å². The number of ether oxygens (including phenoxy) is 2. The highest BCUT2D eigenvalue weighted by Gasteiger charge is 2.19. The van der Waals surface area contributed by atoms with Crippen LogP contribution in [0, 0.1) is 0 Å². The number of rotatable bonds is 5. The number of hydrogen-bond donors (Lipinski definition) is 2. The summed E-state index contributed by atoms with van der Waals surface area (Å²) >= 11 is 3.48. The molecular formula is C15H19BrN2O4. The lowest BCUT2D eigenvalue weighted by Gasteiger charge is -2.22. The highest BCUT2D eigenvalue weighted by Crippen LogP contribution is 2.37. The minimum absolute atomic E-state index is 0.0286. The summed E-state index contributed by atoms with van der Waals surface area (Å²) in [5.41, 5.74) is 0.888. The van der Waals surface area contributed by atoms with Crippen molar-refractivity contribution in [2.45, 2.75) is 26.3 Å². The summed E-state index contributed by atoms with van der Waals surface area (Å²) in [4.78, 5) is 23.0. The number of nitrogens with one attached hydrogen (secondary N) is 2. The van der Waals surface area contributed by atoms with Crippen LogP contribution in [-0.2, 0) is 9.59 Å². The fourth-order valence-electron chi connectivity index (χ4n) is 2.09. The highest BCUT2D eigenvalue weighted by atomic mass is 79.9. The van der Waals surface area contributed by atoms with E-state index in [0.717, 1.165) is 10.0 Å². The smallest absolute Gasteiger partial charge is 0.239 e. The van der Waals surface area contributed by atoms with Gasteiger partial charge in [0, 0.05) is 10.9 Å². The second-order valence-corrected chi connectivity index (χ2v) is 5.79. The van der Waals surface area contributed by atoms with Crippen molar-refractivity contribution < 1.29 is 19.1 Å². The fraction of sp³-hybridized carbons (Fsp3) is 0.467. The molecule has 0 fully saturated rings. The van der Waals surface area contributed by atoms with Crippen LogP contribution in [0.2, 0.25) is 0 Å². The zero-order valence-corrected chi connectivity index (χ0v) is 14.2. The minimum atomic E-state index is -0.240. The normalized spacial score (nSPS) is 14.1. The van der Waals surface area contributed by atoms with E-state index in [-0.39, 0.29) is 24.4 Å². The number of fused-ring (bicyclic) bond motifs is 1. The minimum Gasteiger partial charge on any atom is -0.486 e. The lowest BCUT2D eigenvalue weighted by atomic mass is 10.1. The molecule has 0 radical (unpaired) electrons. The standard InChI is InChI=1S/C15H19BrN2O4/c1-3-14(19)17-8-15(20)18-9(2)10-6-12-13(7-11(10)16)22-5-4-21-12/h6-7,9H,3-5,8H2,1-2H3,(H,17,19)(H,18,20). The Kier molecular flexibility index (Phi) is 5.65. The Hall–Kier alpha value is -1.76. The molecule has 2 amide bonds. The van der Waals surface area contributed by atoms with E-state index in [9.17, 15) is 9.59 Å². The summed E-state index contributed by atoms with van der Waals surface area (Å²) in [7, 11) is 0. The molecule has 22 heavy (non-hydrogen) atoms. The molecule has 1 aromatic rings. The van der Waals surface area contributed by atoms with Crippen molar-refractivity contribution in [1.82, 2.24) is 10.6 Å².